The zero-order valence-electron chi connectivity index (χ0n) is 11.7. The van der Waals surface area contributed by atoms with Gasteiger partial charge >= 0.3 is 5.97 Å². The quantitative estimate of drug-likeness (QED) is 0.494. The van der Waals surface area contributed by atoms with Crippen LogP contribution in [0.4, 0.5) is 0 Å². The summed E-state index contributed by atoms with van der Waals surface area (Å²) in [6.45, 7) is 3.58. The summed E-state index contributed by atoms with van der Waals surface area (Å²) in [4.78, 5) is 11.7. The summed E-state index contributed by atoms with van der Waals surface area (Å²) in [6.07, 6.45) is 3.89. The van der Waals surface area contributed by atoms with Crippen molar-refractivity contribution in [2.24, 2.45) is 0 Å². The number of H-pyrrole nitrogens is 1. The molecule has 0 saturated carbocycles. The van der Waals surface area contributed by atoms with E-state index in [9.17, 15) is 13.2 Å². The first-order valence-corrected chi connectivity index (χ1v) is 8.11. The van der Waals surface area contributed by atoms with Gasteiger partial charge in [0, 0.05) is 13.1 Å². The first-order chi connectivity index (χ1) is 10.0. The molecule has 0 atom stereocenters. The summed E-state index contributed by atoms with van der Waals surface area (Å²) >= 11 is 0. The highest BCUT2D eigenvalue weighted by molar-refractivity contribution is 7.89. The van der Waals surface area contributed by atoms with Gasteiger partial charge in [-0.15, -0.1) is 0 Å². The van der Waals surface area contributed by atoms with Gasteiger partial charge in [0.2, 0.25) is 0 Å². The van der Waals surface area contributed by atoms with Crippen LogP contribution in [0.5, 0.6) is 0 Å². The number of hydrogen-bond acceptors (Lipinski definition) is 6. The van der Waals surface area contributed by atoms with E-state index in [0.717, 1.165) is 31.3 Å². The first kappa shape index (κ1) is 15.7. The highest BCUT2D eigenvalue weighted by atomic mass is 32.2. The number of carbonyl (C=O) groups is 1. The number of ether oxygens (including phenoxy) is 1. The van der Waals surface area contributed by atoms with Crippen LogP contribution in [0.3, 0.4) is 0 Å². The average Bonchev–Trinajstić information content (AvgIpc) is 2.97. The summed E-state index contributed by atoms with van der Waals surface area (Å²) in [7, 11) is -3.84. The van der Waals surface area contributed by atoms with Gasteiger partial charge in [-0.3, -0.25) is 5.10 Å². The highest BCUT2D eigenvalue weighted by Crippen LogP contribution is 2.14. The van der Waals surface area contributed by atoms with Crippen molar-refractivity contribution in [1.82, 2.24) is 20.2 Å². The van der Waals surface area contributed by atoms with Crippen molar-refractivity contribution in [2.45, 2.75) is 18.4 Å². The van der Waals surface area contributed by atoms with E-state index in [2.05, 4.69) is 20.2 Å². The summed E-state index contributed by atoms with van der Waals surface area (Å²) in [5, 5.41) is 8.84. The predicted octanol–water partition coefficient (Wildman–Crippen LogP) is -0.216. The molecule has 0 fully saturated rings. The number of rotatable bonds is 6. The molecule has 116 valence electrons. The molecular formula is C12H18N4O4S. The molecule has 0 spiro atoms. The van der Waals surface area contributed by atoms with E-state index in [0.29, 0.717) is 0 Å². The lowest BCUT2D eigenvalue weighted by atomic mass is 10.1. The molecule has 3 N–H and O–H groups in total. The van der Waals surface area contributed by atoms with Crippen LogP contribution >= 0.6 is 0 Å². The maximum Gasteiger partial charge on any atom is 0.342 e. The van der Waals surface area contributed by atoms with Gasteiger partial charge in [0.15, 0.2) is 5.03 Å². The summed E-state index contributed by atoms with van der Waals surface area (Å²) < 4.78 is 31.7. The van der Waals surface area contributed by atoms with Gasteiger partial charge in [-0.25, -0.2) is 17.9 Å². The smallest absolute Gasteiger partial charge is 0.342 e. The molecule has 2 heterocycles. The lowest BCUT2D eigenvalue weighted by Crippen LogP contribution is -2.30. The number of nitrogens with one attached hydrogen (secondary N) is 3. The Morgan fingerprint density at radius 2 is 2.33 bits per heavy atom. The van der Waals surface area contributed by atoms with Crippen molar-refractivity contribution in [2.75, 3.05) is 26.2 Å². The number of esters is 1. The Bertz CT molecular complexity index is 635. The van der Waals surface area contributed by atoms with Gasteiger partial charge in [-0.1, -0.05) is 11.6 Å². The van der Waals surface area contributed by atoms with Crippen LogP contribution in [-0.2, 0) is 14.8 Å². The second kappa shape index (κ2) is 6.83. The third-order valence-corrected chi connectivity index (χ3v) is 4.39. The molecule has 0 unspecified atom stereocenters. The van der Waals surface area contributed by atoms with Crippen LogP contribution in [0.25, 0.3) is 0 Å². The highest BCUT2D eigenvalue weighted by Gasteiger charge is 2.25. The molecule has 8 nitrogen and oxygen atoms in total. The van der Waals surface area contributed by atoms with Crippen LogP contribution in [0.15, 0.2) is 22.9 Å². The van der Waals surface area contributed by atoms with Gasteiger partial charge in [0.1, 0.15) is 5.56 Å². The van der Waals surface area contributed by atoms with E-state index in [1.807, 2.05) is 6.08 Å². The fourth-order valence-corrected chi connectivity index (χ4v) is 3.04. The first-order valence-electron chi connectivity index (χ1n) is 6.63. The summed E-state index contributed by atoms with van der Waals surface area (Å²) in [6, 6.07) is 0. The lowest BCUT2D eigenvalue weighted by Gasteiger charge is -2.14. The van der Waals surface area contributed by atoms with Gasteiger partial charge < -0.3 is 10.1 Å². The Hall–Kier alpha value is -1.71. The fraction of sp³-hybridized carbons (Fsp3) is 0.500. The van der Waals surface area contributed by atoms with Crippen molar-refractivity contribution < 1.29 is 17.9 Å². The fourth-order valence-electron chi connectivity index (χ4n) is 1.92. The summed E-state index contributed by atoms with van der Waals surface area (Å²) in [5.41, 5.74) is 0.915. The van der Waals surface area contributed by atoms with Crippen LogP contribution in [0.1, 0.15) is 23.7 Å². The van der Waals surface area contributed by atoms with Crippen LogP contribution in [-0.4, -0.2) is 50.8 Å². The predicted molar refractivity (Wildman–Crippen MR) is 75.3 cm³/mol. The Labute approximate surface area is 123 Å². The standard InChI is InChI=1S/C12H18N4O4S/c1-2-20-12(17)10-8-14-16-11(10)21(18,19)15-7-9-3-5-13-6-4-9/h3,8,13,15H,2,4-7H2,1H3,(H,14,16). The zero-order valence-corrected chi connectivity index (χ0v) is 12.5. The van der Waals surface area contributed by atoms with Crippen molar-refractivity contribution in [3.63, 3.8) is 0 Å². The Morgan fingerprint density at radius 3 is 3.00 bits per heavy atom. The molecule has 0 radical (unpaired) electrons. The van der Waals surface area contributed by atoms with Crippen molar-refractivity contribution in [1.29, 1.82) is 0 Å². The van der Waals surface area contributed by atoms with E-state index in [-0.39, 0.29) is 23.7 Å². The minimum Gasteiger partial charge on any atom is -0.462 e. The SMILES string of the molecule is CCOC(=O)c1cn[nH]c1S(=O)(=O)NCC1=CCNCC1. The molecule has 9 heteroatoms. The van der Waals surface area contributed by atoms with Crippen LogP contribution < -0.4 is 10.0 Å². The van der Waals surface area contributed by atoms with Gasteiger partial charge in [-0.2, -0.15) is 5.10 Å². The van der Waals surface area contributed by atoms with Gasteiger partial charge in [-0.05, 0) is 19.9 Å². The lowest BCUT2D eigenvalue weighted by molar-refractivity contribution is 0.0522. The average molecular weight is 314 g/mol. The van der Waals surface area contributed by atoms with Gasteiger partial charge in [0.05, 0.1) is 12.8 Å². The van der Waals surface area contributed by atoms with Crippen molar-refractivity contribution >= 4 is 16.0 Å². The molecule has 2 rings (SSSR count). The molecule has 0 aromatic carbocycles. The minimum absolute atomic E-state index is 0.0939. The van der Waals surface area contributed by atoms with E-state index in [1.54, 1.807) is 6.92 Å². The zero-order chi connectivity index (χ0) is 15.3. The molecule has 21 heavy (non-hydrogen) atoms. The van der Waals surface area contributed by atoms with Crippen molar-refractivity contribution in [3.05, 3.63) is 23.4 Å². The van der Waals surface area contributed by atoms with Crippen molar-refractivity contribution in [3.8, 4) is 0 Å². The number of aromatic nitrogens is 2. The third-order valence-electron chi connectivity index (χ3n) is 3.02. The van der Waals surface area contributed by atoms with Crippen LogP contribution in [0.2, 0.25) is 0 Å². The number of carbonyl (C=O) groups excluding carboxylic acids is 1. The van der Waals surface area contributed by atoms with E-state index in [1.165, 1.54) is 0 Å². The molecule has 0 amide bonds. The van der Waals surface area contributed by atoms with Gasteiger partial charge in [0.25, 0.3) is 10.0 Å². The molecule has 1 aromatic rings. The Balaban J connectivity index is 2.11. The molecule has 1 aliphatic heterocycles. The topological polar surface area (TPSA) is 113 Å². The monoisotopic (exact) mass is 314 g/mol. The normalized spacial score (nSPS) is 15.6. The molecule has 0 bridgehead atoms. The minimum atomic E-state index is -3.84. The molecule has 0 saturated heterocycles. The number of aromatic amines is 1. The number of nitrogens with zero attached hydrogens (tertiary/aromatic N) is 1. The van der Waals surface area contributed by atoms with E-state index >= 15 is 0 Å². The molecule has 1 aromatic heterocycles. The van der Waals surface area contributed by atoms with E-state index < -0.39 is 16.0 Å². The number of sulfonamides is 1. The Kier molecular flexibility index (Phi) is 5.10. The second-order valence-electron chi connectivity index (χ2n) is 4.47. The Morgan fingerprint density at radius 1 is 1.52 bits per heavy atom. The maximum absolute atomic E-state index is 12.2. The molecule has 1 aliphatic rings. The second-order valence-corrected chi connectivity index (χ2v) is 6.18. The number of hydrogen-bond donors (Lipinski definition) is 3. The summed E-state index contributed by atoms with van der Waals surface area (Å²) in [5.74, 6) is -0.715. The molecule has 0 aliphatic carbocycles. The largest absolute Gasteiger partial charge is 0.462 e. The maximum atomic E-state index is 12.2. The van der Waals surface area contributed by atoms with Crippen LogP contribution in [0, 0.1) is 0 Å². The third kappa shape index (κ3) is 3.90. The molecular weight excluding hydrogens is 296 g/mol. The van der Waals surface area contributed by atoms with E-state index in [4.69, 9.17) is 4.74 Å².